The molecule has 13 nitrogen and oxygen atoms in total. The first kappa shape index (κ1) is 31.9. The molecule has 1 heterocycles. The number of unbranched alkanes of at least 4 members (excludes halogenated alkanes) is 1. The van der Waals surface area contributed by atoms with Crippen molar-refractivity contribution in [2.24, 2.45) is 16.7 Å². The molecule has 0 bridgehead atoms. The number of aliphatic hydroxyl groups is 1. The Morgan fingerprint density at radius 2 is 1.80 bits per heavy atom. The number of rotatable bonds is 13. The number of aryl methyl sites for hydroxylation is 1. The molecule has 14 heteroatoms. The van der Waals surface area contributed by atoms with Crippen molar-refractivity contribution < 1.29 is 24.6 Å². The standard InChI is InChI=1S/C30H32ClN7O6/c1-2-3-8-27-34-28(31)26(18-39)36(27)17-20-9-13-22(14-10-20)24-6-4-5-7-25(24)29(32)35-37(33)30(40)44-23-15-11-21(12-16-23)19-43-38(41)42/h4-7,9-16,39H,2-3,8,17-19,33H2,1H3,(H2,32,35). The van der Waals surface area contributed by atoms with Crippen molar-refractivity contribution in [3.05, 3.63) is 116 Å². The molecular formula is C30H32ClN7O6. The fourth-order valence-corrected chi connectivity index (χ4v) is 4.70. The third kappa shape index (κ3) is 8.10. The monoisotopic (exact) mass is 621 g/mol. The molecule has 5 N–H and O–H groups in total. The van der Waals surface area contributed by atoms with Crippen molar-refractivity contribution in [1.82, 2.24) is 14.7 Å². The van der Waals surface area contributed by atoms with E-state index in [1.165, 1.54) is 24.3 Å². The van der Waals surface area contributed by atoms with Crippen LogP contribution in [0.5, 0.6) is 5.75 Å². The van der Waals surface area contributed by atoms with Crippen molar-refractivity contribution in [1.29, 1.82) is 0 Å². The number of hydrogen-bond donors (Lipinski definition) is 3. The number of amides is 1. The number of hydrazine groups is 1. The summed E-state index contributed by atoms with van der Waals surface area (Å²) in [5, 5.41) is 24.1. The zero-order valence-electron chi connectivity index (χ0n) is 23.9. The number of nitrogens with zero attached hydrogens (tertiary/aromatic N) is 5. The van der Waals surface area contributed by atoms with E-state index in [1.807, 2.05) is 41.0 Å². The second-order valence-corrected chi connectivity index (χ2v) is 10.1. The lowest BCUT2D eigenvalue weighted by Gasteiger charge is -2.15. The molecule has 0 saturated heterocycles. The molecule has 1 amide bonds. The largest absolute Gasteiger partial charge is 0.451 e. The van der Waals surface area contributed by atoms with E-state index in [0.29, 0.717) is 33.6 Å². The molecule has 44 heavy (non-hydrogen) atoms. The van der Waals surface area contributed by atoms with Crippen LogP contribution in [0.2, 0.25) is 5.15 Å². The van der Waals surface area contributed by atoms with Crippen LogP contribution in [0.4, 0.5) is 4.79 Å². The molecule has 0 aliphatic heterocycles. The number of halogens is 1. The first-order valence-electron chi connectivity index (χ1n) is 13.7. The summed E-state index contributed by atoms with van der Waals surface area (Å²) in [6.45, 7) is 2.16. The van der Waals surface area contributed by atoms with Gasteiger partial charge in [0, 0.05) is 18.5 Å². The van der Waals surface area contributed by atoms with Crippen LogP contribution in [0.3, 0.4) is 0 Å². The van der Waals surface area contributed by atoms with Crippen molar-refractivity contribution >= 4 is 23.5 Å². The topological polar surface area (TPSA) is 184 Å². The molecule has 4 rings (SSSR count). The van der Waals surface area contributed by atoms with E-state index in [4.69, 9.17) is 27.9 Å². The SMILES string of the molecule is CCCCc1nc(Cl)c(CO)n1Cc1ccc(-c2ccccc2/C(N)=N/N(N)C(=O)Oc2ccc(CO[N+](=O)[O-])cc2)cc1. The number of carbonyl (C=O) groups excluding carboxylic acids is 1. The van der Waals surface area contributed by atoms with E-state index >= 15 is 0 Å². The fraction of sp³-hybridized carbons (Fsp3) is 0.233. The third-order valence-electron chi connectivity index (χ3n) is 6.68. The number of ether oxygens (including phenoxy) is 1. The number of hydrazone groups is 1. The van der Waals surface area contributed by atoms with Gasteiger partial charge in [0.15, 0.2) is 11.0 Å². The van der Waals surface area contributed by atoms with Crippen LogP contribution in [0.1, 0.15) is 48.0 Å². The summed E-state index contributed by atoms with van der Waals surface area (Å²) in [6.07, 6.45) is 1.75. The molecule has 3 aromatic carbocycles. The molecule has 230 valence electrons. The summed E-state index contributed by atoms with van der Waals surface area (Å²) in [6, 6.07) is 21.0. The number of hydrogen-bond acceptors (Lipinski definition) is 9. The van der Waals surface area contributed by atoms with E-state index < -0.39 is 11.2 Å². The number of benzene rings is 3. The van der Waals surface area contributed by atoms with Gasteiger partial charge in [-0.1, -0.05) is 85.6 Å². The highest BCUT2D eigenvalue weighted by molar-refractivity contribution is 6.30. The summed E-state index contributed by atoms with van der Waals surface area (Å²) < 4.78 is 7.17. The van der Waals surface area contributed by atoms with E-state index in [0.717, 1.165) is 41.8 Å². The van der Waals surface area contributed by atoms with Gasteiger partial charge >= 0.3 is 6.09 Å². The van der Waals surface area contributed by atoms with Crippen LogP contribution in [-0.2, 0) is 31.0 Å². The molecule has 0 fully saturated rings. The van der Waals surface area contributed by atoms with Crippen molar-refractivity contribution in [2.45, 2.75) is 45.9 Å². The number of amidine groups is 1. The molecule has 0 saturated carbocycles. The number of imidazole rings is 1. The Morgan fingerprint density at radius 3 is 2.45 bits per heavy atom. The van der Waals surface area contributed by atoms with E-state index in [9.17, 15) is 20.0 Å². The quantitative estimate of drug-likeness (QED) is 0.0471. The first-order chi connectivity index (χ1) is 21.2. The molecule has 0 unspecified atom stereocenters. The number of aromatic nitrogens is 2. The van der Waals surface area contributed by atoms with Crippen molar-refractivity contribution in [3.8, 4) is 16.9 Å². The maximum atomic E-state index is 12.5. The highest BCUT2D eigenvalue weighted by Crippen LogP contribution is 2.26. The lowest BCUT2D eigenvalue weighted by atomic mass is 9.98. The maximum absolute atomic E-state index is 12.5. The third-order valence-corrected chi connectivity index (χ3v) is 6.99. The molecule has 1 aromatic heterocycles. The zero-order valence-corrected chi connectivity index (χ0v) is 24.7. The van der Waals surface area contributed by atoms with Gasteiger partial charge in [-0.05, 0) is 40.8 Å². The number of nitrogens with two attached hydrogens (primary N) is 2. The average molecular weight is 622 g/mol. The summed E-state index contributed by atoms with van der Waals surface area (Å²) in [4.78, 5) is 31.6. The van der Waals surface area contributed by atoms with Crippen LogP contribution >= 0.6 is 11.6 Å². The molecule has 0 atom stereocenters. The van der Waals surface area contributed by atoms with Crippen LogP contribution in [0.15, 0.2) is 77.9 Å². The summed E-state index contributed by atoms with van der Waals surface area (Å²) in [5.41, 5.74) is 10.5. The van der Waals surface area contributed by atoms with Crippen molar-refractivity contribution in [3.63, 3.8) is 0 Å². The van der Waals surface area contributed by atoms with Gasteiger partial charge in [-0.25, -0.2) is 15.6 Å². The minimum Gasteiger partial charge on any atom is -0.408 e. The van der Waals surface area contributed by atoms with E-state index in [-0.39, 0.29) is 24.8 Å². The Balaban J connectivity index is 1.47. The van der Waals surface area contributed by atoms with Gasteiger partial charge < -0.3 is 25.0 Å². The van der Waals surface area contributed by atoms with Gasteiger partial charge in [0.05, 0.1) is 12.3 Å². The number of carbonyl (C=O) groups is 1. The second kappa shape index (κ2) is 15.0. The van der Waals surface area contributed by atoms with E-state index in [1.54, 1.807) is 12.1 Å². The summed E-state index contributed by atoms with van der Waals surface area (Å²) >= 11 is 6.29. The minimum absolute atomic E-state index is 0.0161. The highest BCUT2D eigenvalue weighted by Gasteiger charge is 2.17. The Bertz CT molecular complexity index is 1620. The van der Waals surface area contributed by atoms with Crippen molar-refractivity contribution in [2.75, 3.05) is 0 Å². The smallest absolute Gasteiger partial charge is 0.408 e. The molecule has 0 aliphatic rings. The Hall–Kier alpha value is -4.98. The Kier molecular flexibility index (Phi) is 10.9. The summed E-state index contributed by atoms with van der Waals surface area (Å²) in [5.74, 6) is 6.79. The van der Waals surface area contributed by atoms with Crippen LogP contribution in [0, 0.1) is 10.1 Å². The van der Waals surface area contributed by atoms with Gasteiger partial charge in [-0.3, -0.25) is 0 Å². The lowest BCUT2D eigenvalue weighted by molar-refractivity contribution is -0.763. The molecular weight excluding hydrogens is 590 g/mol. The predicted molar refractivity (Wildman–Crippen MR) is 164 cm³/mol. The second-order valence-electron chi connectivity index (χ2n) is 9.69. The van der Waals surface area contributed by atoms with E-state index in [2.05, 4.69) is 21.8 Å². The highest BCUT2D eigenvalue weighted by atomic mass is 35.5. The number of aliphatic hydroxyl groups excluding tert-OH is 1. The molecule has 0 radical (unpaired) electrons. The molecule has 4 aromatic rings. The van der Waals surface area contributed by atoms with Gasteiger partial charge in [0.2, 0.25) is 0 Å². The molecule has 0 aliphatic carbocycles. The normalized spacial score (nSPS) is 11.3. The first-order valence-corrected chi connectivity index (χ1v) is 14.1. The zero-order chi connectivity index (χ0) is 31.6. The van der Waals surface area contributed by atoms with Gasteiger partial charge in [-0.2, -0.15) is 0 Å². The Morgan fingerprint density at radius 1 is 1.11 bits per heavy atom. The van der Waals surface area contributed by atoms with Crippen LogP contribution in [-0.4, -0.2) is 36.8 Å². The lowest BCUT2D eigenvalue weighted by Crippen LogP contribution is -2.37. The van der Waals surface area contributed by atoms with Crippen LogP contribution in [0.25, 0.3) is 11.1 Å². The summed E-state index contributed by atoms with van der Waals surface area (Å²) in [7, 11) is 0. The van der Waals surface area contributed by atoms with Gasteiger partial charge in [0.1, 0.15) is 18.2 Å². The maximum Gasteiger partial charge on any atom is 0.451 e. The Labute approximate surface area is 258 Å². The van der Waals surface area contributed by atoms with Gasteiger partial charge in [0.25, 0.3) is 5.09 Å². The van der Waals surface area contributed by atoms with Gasteiger partial charge in [-0.15, -0.1) is 20.3 Å². The predicted octanol–water partition coefficient (Wildman–Crippen LogP) is 4.79. The molecule has 0 spiro atoms. The van der Waals surface area contributed by atoms with Crippen LogP contribution < -0.4 is 16.3 Å². The average Bonchev–Trinajstić information content (AvgIpc) is 3.32. The fourth-order valence-electron chi connectivity index (χ4n) is 4.44. The minimum atomic E-state index is -0.996.